The summed E-state index contributed by atoms with van der Waals surface area (Å²) in [4.78, 5) is 0. The molecule has 0 saturated heterocycles. The highest BCUT2D eigenvalue weighted by molar-refractivity contribution is 7.80. The minimum absolute atomic E-state index is 0.00676. The lowest BCUT2D eigenvalue weighted by atomic mass is 10.2. The van der Waals surface area contributed by atoms with Gasteiger partial charge in [0.1, 0.15) is 5.75 Å². The van der Waals surface area contributed by atoms with Crippen molar-refractivity contribution in [2.24, 2.45) is 0 Å². The summed E-state index contributed by atoms with van der Waals surface area (Å²) in [6, 6.07) is 7.57. The van der Waals surface area contributed by atoms with Crippen molar-refractivity contribution < 1.29 is 9.84 Å². The average molecular weight is 268 g/mol. The normalized spacial score (nSPS) is 11.7. The highest BCUT2D eigenvalue weighted by atomic mass is 32.1. The van der Waals surface area contributed by atoms with Crippen LogP contribution in [0.5, 0.6) is 5.75 Å². The Kier molecular flexibility index (Phi) is 6.46. The van der Waals surface area contributed by atoms with Gasteiger partial charge in [-0.25, -0.2) is 0 Å². The van der Waals surface area contributed by atoms with E-state index in [1.807, 2.05) is 38.1 Å². The first kappa shape index (κ1) is 14.7. The third-order valence-electron chi connectivity index (χ3n) is 2.47. The Hall–Kier alpha value is -1.33. The molecule has 18 heavy (non-hydrogen) atoms. The van der Waals surface area contributed by atoms with Crippen molar-refractivity contribution in [1.82, 2.24) is 5.32 Å². The largest absolute Gasteiger partial charge is 0.494 e. The van der Waals surface area contributed by atoms with Gasteiger partial charge < -0.3 is 20.5 Å². The minimum atomic E-state index is -0.00676. The molecule has 1 aromatic rings. The van der Waals surface area contributed by atoms with Crippen molar-refractivity contribution in [1.29, 1.82) is 0 Å². The van der Waals surface area contributed by atoms with E-state index in [9.17, 15) is 0 Å². The predicted molar refractivity (Wildman–Crippen MR) is 78.1 cm³/mol. The van der Waals surface area contributed by atoms with Gasteiger partial charge in [-0.15, -0.1) is 0 Å². The summed E-state index contributed by atoms with van der Waals surface area (Å²) in [5.74, 6) is 0.837. The summed E-state index contributed by atoms with van der Waals surface area (Å²) < 4.78 is 5.36. The molecule has 5 heteroatoms. The predicted octanol–water partition coefficient (Wildman–Crippen LogP) is 2.14. The Morgan fingerprint density at radius 3 is 2.50 bits per heavy atom. The fraction of sp³-hybridized carbons (Fsp3) is 0.462. The molecule has 0 spiro atoms. The van der Waals surface area contributed by atoms with Gasteiger partial charge in [-0.1, -0.05) is 6.92 Å². The van der Waals surface area contributed by atoms with E-state index in [-0.39, 0.29) is 12.6 Å². The van der Waals surface area contributed by atoms with Crippen molar-refractivity contribution in [3.05, 3.63) is 24.3 Å². The zero-order chi connectivity index (χ0) is 13.4. The molecule has 0 aliphatic rings. The number of thiocarbonyl (C=S) groups is 1. The van der Waals surface area contributed by atoms with Crippen molar-refractivity contribution in [3.8, 4) is 5.75 Å². The van der Waals surface area contributed by atoms with E-state index in [0.29, 0.717) is 11.7 Å². The maximum Gasteiger partial charge on any atom is 0.171 e. The van der Waals surface area contributed by atoms with Crippen LogP contribution in [0.15, 0.2) is 24.3 Å². The molecule has 0 fully saturated rings. The van der Waals surface area contributed by atoms with Crippen molar-refractivity contribution in [2.75, 3.05) is 18.5 Å². The molecular weight excluding hydrogens is 248 g/mol. The number of ether oxygens (including phenoxy) is 1. The number of hydrogen-bond donors (Lipinski definition) is 3. The molecule has 1 aromatic carbocycles. The molecule has 0 amide bonds. The SMILES string of the molecule is CCOc1ccc(NC(=S)NC(CC)CO)cc1. The molecule has 0 saturated carbocycles. The highest BCUT2D eigenvalue weighted by Crippen LogP contribution is 2.15. The summed E-state index contributed by atoms with van der Waals surface area (Å²) in [6.07, 6.45) is 0.821. The third-order valence-corrected chi connectivity index (χ3v) is 2.69. The Bertz CT molecular complexity index is 364. The van der Waals surface area contributed by atoms with Gasteiger partial charge >= 0.3 is 0 Å². The van der Waals surface area contributed by atoms with Crippen LogP contribution in [0.1, 0.15) is 20.3 Å². The Morgan fingerprint density at radius 1 is 1.33 bits per heavy atom. The molecule has 4 nitrogen and oxygen atoms in total. The fourth-order valence-electron chi connectivity index (χ4n) is 1.43. The molecule has 0 aromatic heterocycles. The Balaban J connectivity index is 2.48. The molecule has 3 N–H and O–H groups in total. The zero-order valence-corrected chi connectivity index (χ0v) is 11.6. The fourth-order valence-corrected chi connectivity index (χ4v) is 1.72. The highest BCUT2D eigenvalue weighted by Gasteiger charge is 2.06. The molecule has 100 valence electrons. The van der Waals surface area contributed by atoms with E-state index >= 15 is 0 Å². The van der Waals surface area contributed by atoms with Crippen molar-refractivity contribution in [3.63, 3.8) is 0 Å². The molecule has 0 bridgehead atoms. The van der Waals surface area contributed by atoms with Gasteiger partial charge in [-0.2, -0.15) is 0 Å². The topological polar surface area (TPSA) is 53.5 Å². The lowest BCUT2D eigenvalue weighted by molar-refractivity contribution is 0.253. The van der Waals surface area contributed by atoms with Gasteiger partial charge in [0.25, 0.3) is 0 Å². The van der Waals surface area contributed by atoms with Crippen LogP contribution in [0.25, 0.3) is 0 Å². The summed E-state index contributed by atoms with van der Waals surface area (Å²) in [6.45, 7) is 4.67. The van der Waals surface area contributed by atoms with E-state index in [1.165, 1.54) is 0 Å². The van der Waals surface area contributed by atoms with Crippen molar-refractivity contribution in [2.45, 2.75) is 26.3 Å². The summed E-state index contributed by atoms with van der Waals surface area (Å²) in [5, 5.41) is 15.7. The zero-order valence-electron chi connectivity index (χ0n) is 10.8. The number of aliphatic hydroxyl groups excluding tert-OH is 1. The second-order valence-corrected chi connectivity index (χ2v) is 4.25. The second kappa shape index (κ2) is 7.89. The molecule has 0 heterocycles. The van der Waals surface area contributed by atoms with Gasteiger partial charge in [-0.05, 0) is 49.8 Å². The molecular formula is C13H20N2O2S. The van der Waals surface area contributed by atoms with E-state index in [4.69, 9.17) is 22.1 Å². The average Bonchev–Trinajstić information content (AvgIpc) is 2.38. The molecule has 0 radical (unpaired) electrons. The van der Waals surface area contributed by atoms with E-state index in [1.54, 1.807) is 0 Å². The van der Waals surface area contributed by atoms with E-state index in [0.717, 1.165) is 17.9 Å². The Morgan fingerprint density at radius 2 is 2.00 bits per heavy atom. The first-order chi connectivity index (χ1) is 8.69. The van der Waals surface area contributed by atoms with Gasteiger partial charge in [0, 0.05) is 5.69 Å². The summed E-state index contributed by atoms with van der Waals surface area (Å²) in [5.41, 5.74) is 0.892. The van der Waals surface area contributed by atoms with Gasteiger partial charge in [0.2, 0.25) is 0 Å². The quantitative estimate of drug-likeness (QED) is 0.690. The standard InChI is InChI=1S/C13H20N2O2S/c1-3-10(9-16)14-13(18)15-11-5-7-12(8-6-11)17-4-2/h5-8,10,16H,3-4,9H2,1-2H3,(H2,14,15,18). The number of aliphatic hydroxyl groups is 1. The maximum absolute atomic E-state index is 9.07. The minimum Gasteiger partial charge on any atom is -0.494 e. The molecule has 1 rings (SSSR count). The first-order valence-electron chi connectivity index (χ1n) is 6.10. The van der Waals surface area contributed by atoms with Crippen LogP contribution in [0.2, 0.25) is 0 Å². The lowest BCUT2D eigenvalue weighted by Gasteiger charge is -2.17. The number of benzene rings is 1. The summed E-state index contributed by atoms with van der Waals surface area (Å²) >= 11 is 5.16. The maximum atomic E-state index is 9.07. The van der Waals surface area contributed by atoms with Gasteiger partial charge in [0.15, 0.2) is 5.11 Å². The first-order valence-corrected chi connectivity index (χ1v) is 6.51. The van der Waals surface area contributed by atoms with E-state index in [2.05, 4.69) is 10.6 Å². The number of rotatable bonds is 6. The van der Waals surface area contributed by atoms with Crippen LogP contribution < -0.4 is 15.4 Å². The number of hydrogen-bond acceptors (Lipinski definition) is 3. The van der Waals surface area contributed by atoms with Gasteiger partial charge in [-0.3, -0.25) is 0 Å². The van der Waals surface area contributed by atoms with Crippen LogP contribution >= 0.6 is 12.2 Å². The number of nitrogens with one attached hydrogen (secondary N) is 2. The van der Waals surface area contributed by atoms with E-state index < -0.39 is 0 Å². The lowest BCUT2D eigenvalue weighted by Crippen LogP contribution is -2.39. The van der Waals surface area contributed by atoms with Crippen LogP contribution in [0, 0.1) is 0 Å². The molecule has 1 unspecified atom stereocenters. The summed E-state index contributed by atoms with van der Waals surface area (Å²) in [7, 11) is 0. The van der Waals surface area contributed by atoms with Crippen LogP contribution in [-0.2, 0) is 0 Å². The number of anilines is 1. The van der Waals surface area contributed by atoms with Crippen molar-refractivity contribution >= 4 is 23.0 Å². The Labute approximate surface area is 113 Å². The molecule has 0 aliphatic carbocycles. The third kappa shape index (κ3) is 4.89. The van der Waals surface area contributed by atoms with Gasteiger partial charge in [0.05, 0.1) is 19.3 Å². The smallest absolute Gasteiger partial charge is 0.171 e. The van der Waals surface area contributed by atoms with Crippen LogP contribution in [0.4, 0.5) is 5.69 Å². The molecule has 1 atom stereocenters. The molecule has 0 aliphatic heterocycles. The second-order valence-electron chi connectivity index (χ2n) is 3.84. The monoisotopic (exact) mass is 268 g/mol. The van der Waals surface area contributed by atoms with Crippen LogP contribution in [0.3, 0.4) is 0 Å². The van der Waals surface area contributed by atoms with Crippen LogP contribution in [-0.4, -0.2) is 29.5 Å².